The highest BCUT2D eigenvalue weighted by molar-refractivity contribution is 8.00. The van der Waals surface area contributed by atoms with E-state index in [2.05, 4.69) is 18.8 Å². The van der Waals surface area contributed by atoms with Crippen molar-refractivity contribution in [1.29, 1.82) is 0 Å². The van der Waals surface area contributed by atoms with Gasteiger partial charge in [0.15, 0.2) is 0 Å². The number of hydrogen-bond acceptors (Lipinski definition) is 3. The molecule has 0 atom stereocenters. The average Bonchev–Trinajstić information content (AvgIpc) is 2.52. The van der Waals surface area contributed by atoms with Gasteiger partial charge in [-0.3, -0.25) is 4.79 Å². The lowest BCUT2D eigenvalue weighted by molar-refractivity contribution is 0.0759. The minimum atomic E-state index is -0.134. The Hall–Kier alpha value is -0.450. The lowest BCUT2D eigenvalue weighted by Gasteiger charge is -2.22. The highest BCUT2D eigenvalue weighted by atomic mass is 35.5. The topological polar surface area (TPSA) is 33.2 Å². The molecule has 0 aliphatic carbocycles. The molecule has 0 unspecified atom stereocenters. The summed E-state index contributed by atoms with van der Waals surface area (Å²) in [6.07, 6.45) is 0.960. The number of pyridine rings is 1. The van der Waals surface area contributed by atoms with Crippen LogP contribution in [-0.4, -0.2) is 39.4 Å². The van der Waals surface area contributed by atoms with Crippen molar-refractivity contribution in [2.75, 3.05) is 18.8 Å². The zero-order valence-corrected chi connectivity index (χ0v) is 13.3. The third kappa shape index (κ3) is 3.77. The fourth-order valence-electron chi connectivity index (χ4n) is 1.94. The van der Waals surface area contributed by atoms with Gasteiger partial charge in [-0.2, -0.15) is 11.8 Å². The SMILES string of the molecule is CC1(C)CCN(C(=O)c2nc(Cl)ccc2Cl)CCS1. The molecule has 0 spiro atoms. The Morgan fingerprint density at radius 3 is 2.84 bits per heavy atom. The van der Waals surface area contributed by atoms with Gasteiger partial charge in [0.2, 0.25) is 0 Å². The van der Waals surface area contributed by atoms with Crippen LogP contribution < -0.4 is 0 Å². The van der Waals surface area contributed by atoms with Crippen molar-refractivity contribution < 1.29 is 4.79 Å². The number of carbonyl (C=O) groups excluding carboxylic acids is 1. The van der Waals surface area contributed by atoms with Crippen LogP contribution in [0.15, 0.2) is 12.1 Å². The number of carbonyl (C=O) groups is 1. The van der Waals surface area contributed by atoms with E-state index in [0.29, 0.717) is 5.02 Å². The number of nitrogens with zero attached hydrogens (tertiary/aromatic N) is 2. The molecule has 2 rings (SSSR count). The monoisotopic (exact) mass is 318 g/mol. The first kappa shape index (κ1) is 14.9. The van der Waals surface area contributed by atoms with Crippen LogP contribution in [0.3, 0.4) is 0 Å². The molecule has 0 aromatic carbocycles. The van der Waals surface area contributed by atoms with Gasteiger partial charge in [-0.1, -0.05) is 37.0 Å². The largest absolute Gasteiger partial charge is 0.336 e. The molecular weight excluding hydrogens is 303 g/mol. The number of aromatic nitrogens is 1. The van der Waals surface area contributed by atoms with Gasteiger partial charge in [-0.25, -0.2) is 4.98 Å². The number of amides is 1. The molecule has 1 aliphatic rings. The number of rotatable bonds is 1. The highest BCUT2D eigenvalue weighted by Gasteiger charge is 2.27. The van der Waals surface area contributed by atoms with E-state index in [9.17, 15) is 4.79 Å². The van der Waals surface area contributed by atoms with Gasteiger partial charge in [0.25, 0.3) is 5.91 Å². The molecule has 1 aromatic rings. The van der Waals surface area contributed by atoms with Crippen LogP contribution in [0.5, 0.6) is 0 Å². The summed E-state index contributed by atoms with van der Waals surface area (Å²) in [6.45, 7) is 5.85. The molecule has 19 heavy (non-hydrogen) atoms. The van der Waals surface area contributed by atoms with Crippen LogP contribution in [-0.2, 0) is 0 Å². The van der Waals surface area contributed by atoms with Crippen molar-refractivity contribution in [1.82, 2.24) is 9.88 Å². The molecule has 0 N–H and O–H groups in total. The van der Waals surface area contributed by atoms with Crippen LogP contribution in [0, 0.1) is 0 Å². The zero-order valence-electron chi connectivity index (χ0n) is 10.9. The van der Waals surface area contributed by atoms with Crippen molar-refractivity contribution in [3.05, 3.63) is 28.0 Å². The maximum Gasteiger partial charge on any atom is 0.274 e. The third-order valence-electron chi connectivity index (χ3n) is 3.14. The van der Waals surface area contributed by atoms with Gasteiger partial charge in [0.05, 0.1) is 5.02 Å². The molecule has 1 saturated heterocycles. The maximum absolute atomic E-state index is 12.4. The molecule has 1 amide bonds. The molecule has 3 nitrogen and oxygen atoms in total. The second-order valence-electron chi connectivity index (χ2n) is 5.11. The van der Waals surface area contributed by atoms with Crippen molar-refractivity contribution in [3.63, 3.8) is 0 Å². The Labute approximate surface area is 127 Å². The van der Waals surface area contributed by atoms with E-state index in [1.807, 2.05) is 16.7 Å². The Morgan fingerprint density at radius 2 is 2.11 bits per heavy atom. The lowest BCUT2D eigenvalue weighted by atomic mass is 10.1. The Balaban J connectivity index is 2.17. The first-order chi connectivity index (χ1) is 8.89. The fraction of sp³-hybridized carbons (Fsp3) is 0.538. The summed E-state index contributed by atoms with van der Waals surface area (Å²) < 4.78 is 0.209. The smallest absolute Gasteiger partial charge is 0.274 e. The van der Waals surface area contributed by atoms with Crippen molar-refractivity contribution in [2.24, 2.45) is 0 Å². The maximum atomic E-state index is 12.4. The summed E-state index contributed by atoms with van der Waals surface area (Å²) in [4.78, 5) is 18.3. The second kappa shape index (κ2) is 5.90. The molecule has 1 aliphatic heterocycles. The van der Waals surface area contributed by atoms with E-state index >= 15 is 0 Å². The number of thioether (sulfide) groups is 1. The van der Waals surface area contributed by atoms with Crippen LogP contribution >= 0.6 is 35.0 Å². The van der Waals surface area contributed by atoms with E-state index in [4.69, 9.17) is 23.2 Å². The summed E-state index contributed by atoms with van der Waals surface area (Å²) in [6, 6.07) is 3.20. The average molecular weight is 319 g/mol. The Morgan fingerprint density at radius 1 is 1.37 bits per heavy atom. The standard InChI is InChI=1S/C13H16Cl2N2OS/c1-13(2)5-6-17(7-8-19-13)12(18)11-9(14)3-4-10(15)16-11/h3-4H,5-8H2,1-2H3. The molecule has 1 aromatic heterocycles. The van der Waals surface area contributed by atoms with E-state index in [0.717, 1.165) is 25.3 Å². The zero-order chi connectivity index (χ0) is 14.0. The quantitative estimate of drug-likeness (QED) is 0.739. The van der Waals surface area contributed by atoms with Crippen LogP contribution in [0.25, 0.3) is 0 Å². The van der Waals surface area contributed by atoms with E-state index in [-0.39, 0.29) is 21.5 Å². The summed E-state index contributed by atoms with van der Waals surface area (Å²) >= 11 is 13.8. The van der Waals surface area contributed by atoms with E-state index < -0.39 is 0 Å². The molecule has 1 fully saturated rings. The third-order valence-corrected chi connectivity index (χ3v) is 5.03. The Bertz CT molecular complexity index is 494. The van der Waals surface area contributed by atoms with Crippen LogP contribution in [0.4, 0.5) is 0 Å². The molecule has 0 bridgehead atoms. The molecular formula is C13H16Cl2N2OS. The highest BCUT2D eigenvalue weighted by Crippen LogP contribution is 2.31. The van der Waals surface area contributed by atoms with Crippen molar-refractivity contribution >= 4 is 40.9 Å². The second-order valence-corrected chi connectivity index (χ2v) is 7.71. The van der Waals surface area contributed by atoms with Gasteiger partial charge in [-0.05, 0) is 18.6 Å². The fourth-order valence-corrected chi connectivity index (χ4v) is 3.37. The van der Waals surface area contributed by atoms with E-state index in [1.165, 1.54) is 0 Å². The summed E-state index contributed by atoms with van der Waals surface area (Å²) in [7, 11) is 0. The number of hydrogen-bond donors (Lipinski definition) is 0. The van der Waals surface area contributed by atoms with Gasteiger partial charge >= 0.3 is 0 Å². The van der Waals surface area contributed by atoms with Crippen molar-refractivity contribution in [3.8, 4) is 0 Å². The summed E-state index contributed by atoms with van der Waals surface area (Å²) in [5.41, 5.74) is 0.249. The normalized spacial score (nSPS) is 19.1. The van der Waals surface area contributed by atoms with Crippen molar-refractivity contribution in [2.45, 2.75) is 25.0 Å². The van der Waals surface area contributed by atoms with E-state index in [1.54, 1.807) is 12.1 Å². The minimum absolute atomic E-state index is 0.134. The molecule has 0 saturated carbocycles. The van der Waals surface area contributed by atoms with Gasteiger partial charge < -0.3 is 4.90 Å². The predicted octanol–water partition coefficient (Wildman–Crippen LogP) is 3.75. The molecule has 6 heteroatoms. The minimum Gasteiger partial charge on any atom is -0.336 e. The molecule has 2 heterocycles. The molecule has 104 valence electrons. The summed E-state index contributed by atoms with van der Waals surface area (Å²) in [5, 5.41) is 0.642. The Kier molecular flexibility index (Phi) is 4.64. The van der Waals surface area contributed by atoms with Gasteiger partial charge in [0.1, 0.15) is 10.8 Å². The van der Waals surface area contributed by atoms with Crippen LogP contribution in [0.1, 0.15) is 30.8 Å². The first-order valence-corrected chi connectivity index (χ1v) is 7.88. The first-order valence-electron chi connectivity index (χ1n) is 6.14. The van der Waals surface area contributed by atoms with Gasteiger partial charge in [0, 0.05) is 23.6 Å². The van der Waals surface area contributed by atoms with Gasteiger partial charge in [-0.15, -0.1) is 0 Å². The lowest BCUT2D eigenvalue weighted by Crippen LogP contribution is -2.34. The summed E-state index contributed by atoms with van der Waals surface area (Å²) in [5.74, 6) is 0.794. The van der Waals surface area contributed by atoms with Crippen LogP contribution in [0.2, 0.25) is 10.2 Å². The number of halogens is 2. The molecule has 0 radical (unpaired) electrons. The predicted molar refractivity (Wildman–Crippen MR) is 81.3 cm³/mol.